The van der Waals surface area contributed by atoms with Crippen LogP contribution in [-0.2, 0) is 7.05 Å². The number of carbonyl (C=O) groups excluding carboxylic acids is 1. The number of rotatable bonds is 3. The first-order valence-corrected chi connectivity index (χ1v) is 6.47. The predicted molar refractivity (Wildman–Crippen MR) is 73.3 cm³/mol. The number of thiazole rings is 1. The molecule has 0 saturated heterocycles. The fourth-order valence-corrected chi connectivity index (χ4v) is 2.77. The van der Waals surface area contributed by atoms with Crippen LogP contribution < -0.4 is 5.32 Å². The molecule has 2 aromatic rings. The summed E-state index contributed by atoms with van der Waals surface area (Å²) in [6, 6.07) is 0. The molecule has 6 heteroatoms. The first kappa shape index (κ1) is 12.8. The lowest BCUT2D eigenvalue weighted by molar-refractivity contribution is 0.102. The third-order valence-corrected chi connectivity index (χ3v) is 4.08. The van der Waals surface area contributed by atoms with Gasteiger partial charge >= 0.3 is 0 Å². The van der Waals surface area contributed by atoms with E-state index in [1.54, 1.807) is 14.0 Å². The molecule has 0 amide bonds. The van der Waals surface area contributed by atoms with E-state index in [-0.39, 0.29) is 5.78 Å². The predicted octanol–water partition coefficient (Wildman–Crippen LogP) is 2.40. The summed E-state index contributed by atoms with van der Waals surface area (Å²) in [5, 5.41) is 8.11. The molecule has 0 atom stereocenters. The Morgan fingerprint density at radius 2 is 2.06 bits per heavy atom. The molecule has 0 fully saturated rings. The Morgan fingerprint density at radius 1 is 1.39 bits per heavy atom. The van der Waals surface area contributed by atoms with Gasteiger partial charge in [0.2, 0.25) is 0 Å². The number of anilines is 1. The van der Waals surface area contributed by atoms with Gasteiger partial charge in [0.25, 0.3) is 0 Å². The summed E-state index contributed by atoms with van der Waals surface area (Å²) in [4.78, 5) is 16.9. The fraction of sp³-hybridized carbons (Fsp3) is 0.417. The highest BCUT2D eigenvalue weighted by molar-refractivity contribution is 7.18. The third kappa shape index (κ3) is 1.92. The zero-order valence-electron chi connectivity index (χ0n) is 11.2. The maximum Gasteiger partial charge on any atom is 0.183 e. The topological polar surface area (TPSA) is 59.8 Å². The Balaban J connectivity index is 2.69. The lowest BCUT2D eigenvalue weighted by Gasteiger charge is -2.00. The van der Waals surface area contributed by atoms with Gasteiger partial charge in [0.1, 0.15) is 0 Å². The average Bonchev–Trinajstić information content (AvgIpc) is 2.82. The van der Waals surface area contributed by atoms with Crippen LogP contribution in [0.2, 0.25) is 0 Å². The minimum absolute atomic E-state index is 0.0339. The van der Waals surface area contributed by atoms with Crippen molar-refractivity contribution in [2.45, 2.75) is 20.8 Å². The van der Waals surface area contributed by atoms with Crippen LogP contribution >= 0.6 is 11.3 Å². The smallest absolute Gasteiger partial charge is 0.183 e. The molecule has 0 aliphatic heterocycles. The van der Waals surface area contributed by atoms with Crippen molar-refractivity contribution < 1.29 is 4.79 Å². The van der Waals surface area contributed by atoms with Crippen LogP contribution in [0.25, 0.3) is 11.3 Å². The number of hydrogen-bond donors (Lipinski definition) is 1. The molecule has 2 aromatic heterocycles. The van der Waals surface area contributed by atoms with Crippen LogP contribution in [-0.4, -0.2) is 27.6 Å². The summed E-state index contributed by atoms with van der Waals surface area (Å²) >= 11 is 1.38. The molecular weight excluding hydrogens is 248 g/mol. The number of hydrogen-bond acceptors (Lipinski definition) is 5. The fourth-order valence-electron chi connectivity index (χ4n) is 1.95. The van der Waals surface area contributed by atoms with E-state index in [0.717, 1.165) is 27.8 Å². The second-order valence-electron chi connectivity index (χ2n) is 4.17. The Labute approximate surface area is 110 Å². The molecule has 0 bridgehead atoms. The summed E-state index contributed by atoms with van der Waals surface area (Å²) in [6.07, 6.45) is 0. The molecule has 0 aliphatic rings. The first-order valence-electron chi connectivity index (χ1n) is 5.65. The Kier molecular flexibility index (Phi) is 3.21. The van der Waals surface area contributed by atoms with Gasteiger partial charge in [-0.15, -0.1) is 0 Å². The van der Waals surface area contributed by atoms with E-state index in [9.17, 15) is 4.79 Å². The van der Waals surface area contributed by atoms with Crippen molar-refractivity contribution in [1.29, 1.82) is 0 Å². The minimum atomic E-state index is 0.0339. The summed E-state index contributed by atoms with van der Waals surface area (Å²) in [7, 11) is 3.69. The Bertz CT molecular complexity index is 612. The van der Waals surface area contributed by atoms with Gasteiger partial charge in [-0.05, 0) is 13.8 Å². The molecule has 1 N–H and O–H groups in total. The van der Waals surface area contributed by atoms with Crippen molar-refractivity contribution in [1.82, 2.24) is 14.8 Å². The van der Waals surface area contributed by atoms with Crippen molar-refractivity contribution in [3.8, 4) is 11.3 Å². The van der Waals surface area contributed by atoms with Gasteiger partial charge < -0.3 is 5.32 Å². The lowest BCUT2D eigenvalue weighted by atomic mass is 10.1. The van der Waals surface area contributed by atoms with Gasteiger partial charge in [-0.3, -0.25) is 9.48 Å². The molecular formula is C12H16N4OS. The Morgan fingerprint density at radius 3 is 2.50 bits per heavy atom. The molecule has 0 aliphatic carbocycles. The molecule has 0 aromatic carbocycles. The van der Waals surface area contributed by atoms with Crippen molar-refractivity contribution >= 4 is 22.3 Å². The quantitative estimate of drug-likeness (QED) is 0.865. The lowest BCUT2D eigenvalue weighted by Crippen LogP contribution is -1.95. The van der Waals surface area contributed by atoms with Crippen molar-refractivity contribution in [2.24, 2.45) is 7.05 Å². The van der Waals surface area contributed by atoms with E-state index in [2.05, 4.69) is 15.4 Å². The van der Waals surface area contributed by atoms with Crippen LogP contribution in [0.15, 0.2) is 0 Å². The number of ketones is 1. The number of Topliss-reactive ketones (excluding diaryl/α,β-unsaturated/α-hetero) is 1. The summed E-state index contributed by atoms with van der Waals surface area (Å²) in [5.74, 6) is 0.0339. The molecule has 0 unspecified atom stereocenters. The molecule has 5 nitrogen and oxygen atoms in total. The first-order chi connectivity index (χ1) is 8.45. The summed E-state index contributed by atoms with van der Waals surface area (Å²) in [5.41, 5.74) is 3.61. The van der Waals surface area contributed by atoms with Crippen molar-refractivity contribution in [3.05, 3.63) is 16.3 Å². The zero-order valence-corrected chi connectivity index (χ0v) is 12.0. The highest BCUT2D eigenvalue weighted by Crippen LogP contribution is 2.34. The second-order valence-corrected chi connectivity index (χ2v) is 5.17. The van der Waals surface area contributed by atoms with Crippen LogP contribution in [0.1, 0.15) is 28.0 Å². The number of aromatic nitrogens is 3. The normalized spacial score (nSPS) is 10.7. The third-order valence-electron chi connectivity index (χ3n) is 2.91. The maximum absolute atomic E-state index is 11.7. The molecule has 18 heavy (non-hydrogen) atoms. The molecule has 96 valence electrons. The van der Waals surface area contributed by atoms with Gasteiger partial charge in [0, 0.05) is 32.3 Å². The number of aryl methyl sites for hydroxylation is 2. The van der Waals surface area contributed by atoms with Gasteiger partial charge in [-0.2, -0.15) is 5.10 Å². The largest absolute Gasteiger partial charge is 0.365 e. The minimum Gasteiger partial charge on any atom is -0.365 e. The van der Waals surface area contributed by atoms with E-state index in [4.69, 9.17) is 0 Å². The zero-order chi connectivity index (χ0) is 13.4. The van der Waals surface area contributed by atoms with E-state index in [1.807, 2.05) is 25.6 Å². The SMILES string of the molecule is CNc1nc(-c2c(C)nn(C)c2C)c(C(C)=O)s1. The van der Waals surface area contributed by atoms with E-state index in [1.165, 1.54) is 11.3 Å². The molecule has 2 heterocycles. The van der Waals surface area contributed by atoms with Gasteiger partial charge in [0.05, 0.1) is 16.3 Å². The monoisotopic (exact) mass is 264 g/mol. The molecule has 2 rings (SSSR count). The second kappa shape index (κ2) is 4.53. The number of nitrogens with one attached hydrogen (secondary N) is 1. The van der Waals surface area contributed by atoms with Crippen LogP contribution in [0, 0.1) is 13.8 Å². The number of nitrogens with zero attached hydrogens (tertiary/aromatic N) is 3. The van der Waals surface area contributed by atoms with Crippen LogP contribution in [0.5, 0.6) is 0 Å². The van der Waals surface area contributed by atoms with Gasteiger partial charge in [0.15, 0.2) is 10.9 Å². The molecule has 0 saturated carbocycles. The van der Waals surface area contributed by atoms with Crippen LogP contribution in [0.4, 0.5) is 5.13 Å². The van der Waals surface area contributed by atoms with Crippen molar-refractivity contribution in [3.63, 3.8) is 0 Å². The highest BCUT2D eigenvalue weighted by Gasteiger charge is 2.21. The van der Waals surface area contributed by atoms with Crippen LogP contribution in [0.3, 0.4) is 0 Å². The Hall–Kier alpha value is -1.69. The van der Waals surface area contributed by atoms with E-state index in [0.29, 0.717) is 4.88 Å². The summed E-state index contributed by atoms with van der Waals surface area (Å²) in [6.45, 7) is 5.49. The van der Waals surface area contributed by atoms with Gasteiger partial charge in [-0.25, -0.2) is 4.98 Å². The molecule has 0 spiro atoms. The van der Waals surface area contributed by atoms with E-state index < -0.39 is 0 Å². The maximum atomic E-state index is 11.7. The summed E-state index contributed by atoms with van der Waals surface area (Å²) < 4.78 is 1.81. The van der Waals surface area contributed by atoms with Crippen molar-refractivity contribution in [2.75, 3.05) is 12.4 Å². The standard InChI is InChI=1S/C12H16N4OS/c1-6-9(7(2)16(5)15-6)10-11(8(3)17)18-12(13-4)14-10/h1-5H3,(H,13,14). The van der Waals surface area contributed by atoms with Gasteiger partial charge in [-0.1, -0.05) is 11.3 Å². The average molecular weight is 264 g/mol. The van der Waals surface area contributed by atoms with E-state index >= 15 is 0 Å². The molecule has 0 radical (unpaired) electrons. The number of carbonyl (C=O) groups is 1. The highest BCUT2D eigenvalue weighted by atomic mass is 32.1.